The predicted molar refractivity (Wildman–Crippen MR) is 122 cm³/mol. The molecule has 1 atom stereocenters. The van der Waals surface area contributed by atoms with Gasteiger partial charge in [0.2, 0.25) is 11.8 Å². The number of likely N-dealkylation sites (tertiary alicyclic amines) is 1. The highest BCUT2D eigenvalue weighted by molar-refractivity contribution is 5.88. The van der Waals surface area contributed by atoms with Crippen molar-refractivity contribution < 1.29 is 19.1 Å². The Bertz CT molecular complexity index is 895. The Balaban J connectivity index is 1.60. The molecule has 1 fully saturated rings. The van der Waals surface area contributed by atoms with E-state index in [2.05, 4.69) is 16.3 Å². The van der Waals surface area contributed by atoms with E-state index in [9.17, 15) is 9.59 Å². The molecule has 1 saturated heterocycles. The van der Waals surface area contributed by atoms with Crippen LogP contribution in [-0.2, 0) is 22.4 Å². The van der Waals surface area contributed by atoms with Gasteiger partial charge >= 0.3 is 0 Å². The summed E-state index contributed by atoms with van der Waals surface area (Å²) in [6.45, 7) is 2.30. The van der Waals surface area contributed by atoms with Crippen molar-refractivity contribution in [1.29, 1.82) is 0 Å². The Morgan fingerprint density at radius 3 is 2.39 bits per heavy atom. The fourth-order valence-electron chi connectivity index (χ4n) is 4.18. The van der Waals surface area contributed by atoms with Crippen LogP contribution in [0.5, 0.6) is 11.5 Å². The average Bonchev–Trinajstić information content (AvgIpc) is 2.78. The zero-order valence-electron chi connectivity index (χ0n) is 18.6. The number of nitrogens with one attached hydrogen (secondary N) is 1. The Hall–Kier alpha value is -3.02. The van der Waals surface area contributed by atoms with Crippen molar-refractivity contribution in [2.75, 3.05) is 26.1 Å². The number of anilines is 1. The van der Waals surface area contributed by atoms with Crippen LogP contribution in [0.4, 0.5) is 5.69 Å². The third kappa shape index (κ3) is 6.23. The van der Waals surface area contributed by atoms with E-state index in [1.807, 2.05) is 36.4 Å². The molecule has 6 heteroatoms. The number of methoxy groups -OCH3 is 2. The molecule has 0 aromatic heterocycles. The van der Waals surface area contributed by atoms with Crippen LogP contribution in [0.25, 0.3) is 0 Å². The van der Waals surface area contributed by atoms with E-state index < -0.39 is 0 Å². The van der Waals surface area contributed by atoms with Gasteiger partial charge in [0.25, 0.3) is 0 Å². The molecule has 1 unspecified atom stereocenters. The molecule has 0 saturated carbocycles. The average molecular weight is 425 g/mol. The Morgan fingerprint density at radius 2 is 1.71 bits per heavy atom. The number of ether oxygens (including phenoxy) is 2. The first-order valence-electron chi connectivity index (χ1n) is 10.9. The lowest BCUT2D eigenvalue weighted by molar-refractivity contribution is -0.134. The number of hydrogen-bond acceptors (Lipinski definition) is 4. The van der Waals surface area contributed by atoms with E-state index in [4.69, 9.17) is 9.47 Å². The van der Waals surface area contributed by atoms with Crippen LogP contribution in [0.15, 0.2) is 42.5 Å². The van der Waals surface area contributed by atoms with Crippen molar-refractivity contribution in [3.63, 3.8) is 0 Å². The van der Waals surface area contributed by atoms with Gasteiger partial charge in [-0.25, -0.2) is 0 Å². The van der Waals surface area contributed by atoms with Crippen LogP contribution in [0, 0.1) is 0 Å². The second-order valence-corrected chi connectivity index (χ2v) is 8.02. The zero-order chi connectivity index (χ0) is 22.2. The second kappa shape index (κ2) is 10.8. The van der Waals surface area contributed by atoms with Crippen molar-refractivity contribution in [3.05, 3.63) is 53.6 Å². The Morgan fingerprint density at radius 1 is 1.00 bits per heavy atom. The first-order chi connectivity index (χ1) is 15.0. The molecule has 6 nitrogen and oxygen atoms in total. The Kier molecular flexibility index (Phi) is 7.93. The number of benzene rings is 2. The van der Waals surface area contributed by atoms with E-state index in [-0.39, 0.29) is 17.9 Å². The maximum atomic E-state index is 13.1. The number of aryl methyl sites for hydroxylation is 1. The molecule has 0 aliphatic carbocycles. The summed E-state index contributed by atoms with van der Waals surface area (Å²) < 4.78 is 10.7. The number of amides is 2. The van der Waals surface area contributed by atoms with E-state index in [1.165, 1.54) is 12.5 Å². The van der Waals surface area contributed by atoms with E-state index in [0.717, 1.165) is 61.4 Å². The van der Waals surface area contributed by atoms with Crippen molar-refractivity contribution in [3.8, 4) is 11.5 Å². The van der Waals surface area contributed by atoms with Crippen molar-refractivity contribution >= 4 is 17.5 Å². The van der Waals surface area contributed by atoms with Crippen LogP contribution in [0.2, 0.25) is 0 Å². The number of nitrogens with zero attached hydrogens (tertiary/aromatic N) is 1. The quantitative estimate of drug-likeness (QED) is 0.689. The van der Waals surface area contributed by atoms with Crippen LogP contribution in [-0.4, -0.2) is 43.5 Å². The van der Waals surface area contributed by atoms with Gasteiger partial charge in [0.1, 0.15) is 0 Å². The first kappa shape index (κ1) is 22.7. The molecule has 0 radical (unpaired) electrons. The monoisotopic (exact) mass is 424 g/mol. The molecule has 2 aromatic carbocycles. The van der Waals surface area contributed by atoms with Crippen LogP contribution >= 0.6 is 0 Å². The minimum atomic E-state index is -0.102. The van der Waals surface area contributed by atoms with Crippen molar-refractivity contribution in [2.45, 2.75) is 51.5 Å². The molecule has 1 heterocycles. The number of piperidine rings is 1. The molecule has 2 amide bonds. The van der Waals surface area contributed by atoms with Gasteiger partial charge in [-0.2, -0.15) is 0 Å². The van der Waals surface area contributed by atoms with Gasteiger partial charge in [0.15, 0.2) is 11.5 Å². The summed E-state index contributed by atoms with van der Waals surface area (Å²) in [4.78, 5) is 26.3. The maximum Gasteiger partial charge on any atom is 0.227 e. The summed E-state index contributed by atoms with van der Waals surface area (Å²) in [6.07, 6.45) is 5.46. The van der Waals surface area contributed by atoms with Crippen molar-refractivity contribution in [2.24, 2.45) is 0 Å². The highest BCUT2D eigenvalue weighted by atomic mass is 16.5. The highest BCUT2D eigenvalue weighted by Crippen LogP contribution is 2.29. The fourth-order valence-corrected chi connectivity index (χ4v) is 4.18. The minimum Gasteiger partial charge on any atom is -0.493 e. The lowest BCUT2D eigenvalue weighted by Crippen LogP contribution is -2.44. The smallest absolute Gasteiger partial charge is 0.227 e. The summed E-state index contributed by atoms with van der Waals surface area (Å²) in [5, 5.41) is 2.75. The molecule has 31 heavy (non-hydrogen) atoms. The van der Waals surface area contributed by atoms with Gasteiger partial charge in [0, 0.05) is 25.2 Å². The van der Waals surface area contributed by atoms with Gasteiger partial charge in [-0.15, -0.1) is 0 Å². The molecule has 1 aliphatic rings. The van der Waals surface area contributed by atoms with Gasteiger partial charge < -0.3 is 19.7 Å². The highest BCUT2D eigenvalue weighted by Gasteiger charge is 2.26. The van der Waals surface area contributed by atoms with Crippen molar-refractivity contribution in [1.82, 2.24) is 4.90 Å². The molecular weight excluding hydrogens is 392 g/mol. The van der Waals surface area contributed by atoms with E-state index in [1.54, 1.807) is 14.2 Å². The SMILES string of the molecule is COc1ccc(CCC2CCCCN2C(=O)Cc2ccc(NC(C)=O)cc2)cc1OC. The summed E-state index contributed by atoms with van der Waals surface area (Å²) in [5.74, 6) is 1.53. The van der Waals surface area contributed by atoms with E-state index >= 15 is 0 Å². The van der Waals surface area contributed by atoms with Crippen LogP contribution < -0.4 is 14.8 Å². The third-order valence-electron chi connectivity index (χ3n) is 5.79. The largest absolute Gasteiger partial charge is 0.493 e. The standard InChI is InChI=1S/C25H32N2O4/c1-18(28)26-21-11-7-20(8-12-21)17-25(29)27-15-5-4-6-22(27)13-9-19-10-14-23(30-2)24(16-19)31-3/h7-8,10-12,14,16,22H,4-6,9,13,15,17H2,1-3H3,(H,26,28). The summed E-state index contributed by atoms with van der Waals surface area (Å²) in [7, 11) is 3.28. The third-order valence-corrected chi connectivity index (χ3v) is 5.79. The van der Waals surface area contributed by atoms with Crippen LogP contribution in [0.1, 0.15) is 43.7 Å². The summed E-state index contributed by atoms with van der Waals surface area (Å²) in [6, 6.07) is 13.8. The lowest BCUT2D eigenvalue weighted by atomic mass is 9.95. The second-order valence-electron chi connectivity index (χ2n) is 8.02. The first-order valence-corrected chi connectivity index (χ1v) is 10.9. The number of rotatable bonds is 8. The number of hydrogen-bond donors (Lipinski definition) is 1. The van der Waals surface area contributed by atoms with Gasteiger partial charge in [-0.1, -0.05) is 18.2 Å². The van der Waals surface area contributed by atoms with Gasteiger partial charge in [-0.05, 0) is 67.5 Å². The van der Waals surface area contributed by atoms with Gasteiger partial charge in [-0.3, -0.25) is 9.59 Å². The number of carbonyl (C=O) groups is 2. The number of carbonyl (C=O) groups excluding carboxylic acids is 2. The van der Waals surface area contributed by atoms with E-state index in [0.29, 0.717) is 6.42 Å². The zero-order valence-corrected chi connectivity index (χ0v) is 18.6. The Labute approximate surface area is 184 Å². The molecule has 0 spiro atoms. The van der Waals surface area contributed by atoms with Gasteiger partial charge in [0.05, 0.1) is 20.6 Å². The molecule has 0 bridgehead atoms. The molecular formula is C25H32N2O4. The predicted octanol–water partition coefficient (Wildman–Crippen LogP) is 4.22. The molecule has 166 valence electrons. The minimum absolute atomic E-state index is 0.102. The molecule has 1 N–H and O–H groups in total. The molecule has 2 aromatic rings. The molecule has 1 aliphatic heterocycles. The maximum absolute atomic E-state index is 13.1. The summed E-state index contributed by atoms with van der Waals surface area (Å²) in [5.41, 5.74) is 2.89. The normalized spacial score (nSPS) is 16.0. The fraction of sp³-hybridized carbons (Fsp3) is 0.440. The van der Waals surface area contributed by atoms with Crippen LogP contribution in [0.3, 0.4) is 0 Å². The molecule has 3 rings (SSSR count). The summed E-state index contributed by atoms with van der Waals surface area (Å²) >= 11 is 0. The topological polar surface area (TPSA) is 67.9 Å². The lowest BCUT2D eigenvalue weighted by Gasteiger charge is -2.36.